The third kappa shape index (κ3) is 2.38. The van der Waals surface area contributed by atoms with Crippen molar-refractivity contribution in [1.29, 1.82) is 0 Å². The van der Waals surface area contributed by atoms with Crippen LogP contribution in [0.1, 0.15) is 22.7 Å². The molecule has 0 aromatic heterocycles. The molecule has 0 amide bonds. The van der Waals surface area contributed by atoms with E-state index < -0.39 is 0 Å². The van der Waals surface area contributed by atoms with Crippen LogP contribution in [0.2, 0.25) is 5.02 Å². The molecule has 3 rings (SSSR count). The van der Waals surface area contributed by atoms with Crippen LogP contribution in [-0.4, -0.2) is 12.5 Å². The van der Waals surface area contributed by atoms with Crippen molar-refractivity contribution in [3.05, 3.63) is 64.2 Å². The van der Waals surface area contributed by atoms with E-state index in [1.165, 1.54) is 16.7 Å². The molecule has 3 nitrogen and oxygen atoms in total. The lowest BCUT2D eigenvalue weighted by atomic mass is 9.96. The molecule has 0 aliphatic carbocycles. The summed E-state index contributed by atoms with van der Waals surface area (Å²) in [4.78, 5) is 6.46. The first kappa shape index (κ1) is 14.0. The van der Waals surface area contributed by atoms with Crippen LogP contribution in [0.15, 0.2) is 47.5 Å². The number of para-hydroxylation sites is 1. The van der Waals surface area contributed by atoms with Crippen LogP contribution in [0.25, 0.3) is 0 Å². The topological polar surface area (TPSA) is 41.6 Å². The minimum Gasteiger partial charge on any atom is -0.369 e. The van der Waals surface area contributed by atoms with E-state index in [1.54, 1.807) is 0 Å². The Bertz CT molecular complexity index is 709. The Hall–Kier alpha value is -2.00. The molecule has 0 fully saturated rings. The molecule has 1 unspecified atom stereocenters. The lowest BCUT2D eigenvalue weighted by Gasteiger charge is -2.28. The number of hydrogen-bond acceptors (Lipinski definition) is 3. The van der Waals surface area contributed by atoms with Crippen LogP contribution < -0.4 is 10.6 Å². The molecule has 21 heavy (non-hydrogen) atoms. The van der Waals surface area contributed by atoms with Crippen LogP contribution in [0, 0.1) is 13.8 Å². The zero-order valence-corrected chi connectivity index (χ0v) is 12.9. The minimum atomic E-state index is 0.102. The highest BCUT2D eigenvalue weighted by atomic mass is 35.5. The normalized spacial score (nSPS) is 18.0. The molecule has 0 bridgehead atoms. The molecule has 1 aliphatic heterocycles. The average molecular weight is 300 g/mol. The molecule has 1 aliphatic rings. The number of nitrogens with zero attached hydrogens (tertiary/aromatic N) is 2. The molecule has 2 N–H and O–H groups in total. The second-order valence-electron chi connectivity index (χ2n) is 5.33. The van der Waals surface area contributed by atoms with Crippen LogP contribution in [0.4, 0.5) is 5.69 Å². The van der Waals surface area contributed by atoms with Crippen LogP contribution >= 0.6 is 11.6 Å². The second kappa shape index (κ2) is 5.41. The van der Waals surface area contributed by atoms with Crippen molar-refractivity contribution >= 4 is 23.2 Å². The van der Waals surface area contributed by atoms with Gasteiger partial charge in [-0.1, -0.05) is 41.9 Å². The molecule has 108 valence electrons. The van der Waals surface area contributed by atoms with E-state index in [4.69, 9.17) is 17.3 Å². The van der Waals surface area contributed by atoms with Gasteiger partial charge in [0.2, 0.25) is 0 Å². The summed E-state index contributed by atoms with van der Waals surface area (Å²) in [6.07, 6.45) is 0. The fraction of sp³-hybridized carbons (Fsp3) is 0.235. The van der Waals surface area contributed by atoms with Gasteiger partial charge in [-0.15, -0.1) is 0 Å². The summed E-state index contributed by atoms with van der Waals surface area (Å²) in [5.41, 5.74) is 10.8. The molecule has 0 saturated carbocycles. The summed E-state index contributed by atoms with van der Waals surface area (Å²) in [7, 11) is 0. The zero-order valence-electron chi connectivity index (χ0n) is 12.2. The van der Waals surface area contributed by atoms with Crippen LogP contribution in [0.5, 0.6) is 0 Å². The van der Waals surface area contributed by atoms with Gasteiger partial charge in [0.25, 0.3) is 0 Å². The largest absolute Gasteiger partial charge is 0.369 e. The van der Waals surface area contributed by atoms with Gasteiger partial charge in [-0.05, 0) is 42.7 Å². The molecule has 4 heteroatoms. The molecule has 0 spiro atoms. The fourth-order valence-electron chi connectivity index (χ4n) is 2.81. The molecular weight excluding hydrogens is 282 g/mol. The number of guanidine groups is 1. The van der Waals surface area contributed by atoms with Crippen molar-refractivity contribution in [1.82, 2.24) is 0 Å². The van der Waals surface area contributed by atoms with Crippen LogP contribution in [-0.2, 0) is 0 Å². The van der Waals surface area contributed by atoms with Gasteiger partial charge in [0.15, 0.2) is 5.96 Å². The summed E-state index contributed by atoms with van der Waals surface area (Å²) in [5.74, 6) is 0.522. The standard InChI is InChI=1S/C17H18ClN3/c1-11-6-5-7-13(12(11)2)16-10-20-17(19)21(16)15-9-4-3-8-14(15)18/h3-9,16H,10H2,1-2H3,(H2,19,20). The molecule has 1 atom stereocenters. The molecular formula is C17H18ClN3. The highest BCUT2D eigenvalue weighted by molar-refractivity contribution is 6.33. The summed E-state index contributed by atoms with van der Waals surface area (Å²) < 4.78 is 0. The number of halogens is 1. The lowest BCUT2D eigenvalue weighted by molar-refractivity contribution is 0.761. The molecule has 0 radical (unpaired) electrons. The van der Waals surface area contributed by atoms with Crippen molar-refractivity contribution in [2.24, 2.45) is 10.7 Å². The Morgan fingerprint density at radius 3 is 2.67 bits per heavy atom. The summed E-state index contributed by atoms with van der Waals surface area (Å²) in [6.45, 7) is 4.92. The van der Waals surface area contributed by atoms with E-state index in [0.717, 1.165) is 5.69 Å². The Labute approximate surface area is 130 Å². The van der Waals surface area contributed by atoms with Gasteiger partial charge in [0.05, 0.1) is 23.3 Å². The SMILES string of the molecule is Cc1cccc(C2CN=C(N)N2c2ccccc2Cl)c1C. The smallest absolute Gasteiger partial charge is 0.196 e. The van der Waals surface area contributed by atoms with Gasteiger partial charge in [0, 0.05) is 0 Å². The monoisotopic (exact) mass is 299 g/mol. The molecule has 1 heterocycles. The van der Waals surface area contributed by atoms with E-state index >= 15 is 0 Å². The highest BCUT2D eigenvalue weighted by Crippen LogP contribution is 2.36. The Morgan fingerprint density at radius 1 is 1.14 bits per heavy atom. The van der Waals surface area contributed by atoms with Gasteiger partial charge in [-0.25, -0.2) is 0 Å². The first-order valence-corrected chi connectivity index (χ1v) is 7.37. The summed E-state index contributed by atoms with van der Waals surface area (Å²) >= 11 is 6.34. The number of nitrogens with two attached hydrogens (primary N) is 1. The van der Waals surface area contributed by atoms with Gasteiger partial charge in [-0.2, -0.15) is 0 Å². The summed E-state index contributed by atoms with van der Waals surface area (Å²) in [6, 6.07) is 14.2. The Morgan fingerprint density at radius 2 is 1.90 bits per heavy atom. The van der Waals surface area contributed by atoms with Gasteiger partial charge < -0.3 is 10.6 Å². The van der Waals surface area contributed by atoms with Crippen LogP contribution in [0.3, 0.4) is 0 Å². The van der Waals surface area contributed by atoms with Crippen molar-refractivity contribution in [3.8, 4) is 0 Å². The van der Waals surface area contributed by atoms with E-state index in [2.05, 4.69) is 37.0 Å². The molecule has 2 aromatic rings. The number of aliphatic imine (C=N–C) groups is 1. The Balaban J connectivity index is 2.08. The number of anilines is 1. The highest BCUT2D eigenvalue weighted by Gasteiger charge is 2.31. The fourth-order valence-corrected chi connectivity index (χ4v) is 3.03. The van der Waals surface area contributed by atoms with E-state index in [0.29, 0.717) is 17.5 Å². The molecule has 0 saturated heterocycles. The van der Waals surface area contributed by atoms with Crippen molar-refractivity contribution in [3.63, 3.8) is 0 Å². The summed E-state index contributed by atoms with van der Waals surface area (Å²) in [5, 5.41) is 0.688. The first-order chi connectivity index (χ1) is 10.1. The van der Waals surface area contributed by atoms with Gasteiger partial charge in [-0.3, -0.25) is 4.99 Å². The first-order valence-electron chi connectivity index (χ1n) is 6.99. The van der Waals surface area contributed by atoms with E-state index in [1.807, 2.05) is 29.2 Å². The average Bonchev–Trinajstić information content (AvgIpc) is 2.84. The quantitative estimate of drug-likeness (QED) is 0.915. The van der Waals surface area contributed by atoms with Gasteiger partial charge in [0.1, 0.15) is 0 Å². The van der Waals surface area contributed by atoms with Crippen molar-refractivity contribution in [2.45, 2.75) is 19.9 Å². The maximum Gasteiger partial charge on any atom is 0.196 e. The Kier molecular flexibility index (Phi) is 3.60. The zero-order chi connectivity index (χ0) is 15.0. The number of hydrogen-bond donors (Lipinski definition) is 1. The third-order valence-electron chi connectivity index (χ3n) is 4.10. The van der Waals surface area contributed by atoms with Gasteiger partial charge >= 0.3 is 0 Å². The lowest BCUT2D eigenvalue weighted by Crippen LogP contribution is -2.36. The number of rotatable bonds is 2. The maximum atomic E-state index is 6.34. The predicted octanol–water partition coefficient (Wildman–Crippen LogP) is 3.83. The number of aryl methyl sites for hydroxylation is 1. The third-order valence-corrected chi connectivity index (χ3v) is 4.42. The molecule has 2 aromatic carbocycles. The minimum absolute atomic E-state index is 0.102. The predicted molar refractivity (Wildman–Crippen MR) is 89.1 cm³/mol. The van der Waals surface area contributed by atoms with E-state index in [-0.39, 0.29) is 6.04 Å². The second-order valence-corrected chi connectivity index (χ2v) is 5.73. The number of benzene rings is 2. The van der Waals surface area contributed by atoms with E-state index in [9.17, 15) is 0 Å². The van der Waals surface area contributed by atoms with Crippen molar-refractivity contribution in [2.75, 3.05) is 11.4 Å². The maximum absolute atomic E-state index is 6.34. The van der Waals surface area contributed by atoms with Crippen molar-refractivity contribution < 1.29 is 0 Å².